The van der Waals surface area contributed by atoms with E-state index in [1.165, 1.54) is 0 Å². The Labute approximate surface area is 163 Å². The van der Waals surface area contributed by atoms with Gasteiger partial charge in [-0.1, -0.05) is 36.4 Å². The standard InChI is InChI=1S/C23H21NO4/c25-20(18-7-6-16-4-1-2-5-17(16)14-18)9-11-23(26)24-19-8-10-21-22(15-19)28-13-3-12-27-21/h1-2,4-8,10,14-15H,3,9,11-13H2,(H,24,26). The molecule has 4 rings (SSSR count). The summed E-state index contributed by atoms with van der Waals surface area (Å²) in [6, 6.07) is 18.8. The van der Waals surface area contributed by atoms with Crippen LogP contribution in [-0.4, -0.2) is 24.9 Å². The summed E-state index contributed by atoms with van der Waals surface area (Å²) in [5, 5.41) is 4.93. The number of hydrogen-bond donors (Lipinski definition) is 1. The minimum Gasteiger partial charge on any atom is -0.490 e. The van der Waals surface area contributed by atoms with Gasteiger partial charge in [-0.2, -0.15) is 0 Å². The molecule has 1 aliphatic heterocycles. The quantitative estimate of drug-likeness (QED) is 0.662. The second kappa shape index (κ2) is 8.13. The van der Waals surface area contributed by atoms with Crippen LogP contribution in [-0.2, 0) is 4.79 Å². The highest BCUT2D eigenvalue weighted by molar-refractivity contribution is 6.02. The van der Waals surface area contributed by atoms with E-state index >= 15 is 0 Å². The Hall–Kier alpha value is -3.34. The van der Waals surface area contributed by atoms with Gasteiger partial charge in [0, 0.05) is 36.6 Å². The second-order valence-electron chi connectivity index (χ2n) is 6.75. The Kier molecular flexibility index (Phi) is 5.24. The van der Waals surface area contributed by atoms with Crippen molar-refractivity contribution in [3.8, 4) is 11.5 Å². The minimum absolute atomic E-state index is 0.0421. The minimum atomic E-state index is -0.205. The normalized spacial score (nSPS) is 13.0. The highest BCUT2D eigenvalue weighted by Crippen LogP contribution is 2.32. The van der Waals surface area contributed by atoms with E-state index in [4.69, 9.17) is 9.47 Å². The monoisotopic (exact) mass is 375 g/mol. The fourth-order valence-electron chi connectivity index (χ4n) is 3.20. The lowest BCUT2D eigenvalue weighted by Gasteiger charge is -2.10. The molecule has 28 heavy (non-hydrogen) atoms. The van der Waals surface area contributed by atoms with Gasteiger partial charge in [0.15, 0.2) is 17.3 Å². The summed E-state index contributed by atoms with van der Waals surface area (Å²) in [6.45, 7) is 1.21. The molecular weight excluding hydrogens is 354 g/mol. The van der Waals surface area contributed by atoms with Crippen LogP contribution in [0, 0.1) is 0 Å². The number of hydrogen-bond acceptors (Lipinski definition) is 4. The van der Waals surface area contributed by atoms with Gasteiger partial charge in [-0.3, -0.25) is 9.59 Å². The van der Waals surface area contributed by atoms with Crippen molar-refractivity contribution in [1.29, 1.82) is 0 Å². The van der Waals surface area contributed by atoms with Crippen LogP contribution >= 0.6 is 0 Å². The summed E-state index contributed by atoms with van der Waals surface area (Å²) in [4.78, 5) is 24.7. The molecule has 1 heterocycles. The summed E-state index contributed by atoms with van der Waals surface area (Å²) in [7, 11) is 0. The van der Waals surface area contributed by atoms with E-state index in [0.717, 1.165) is 17.2 Å². The van der Waals surface area contributed by atoms with Crippen LogP contribution in [0.2, 0.25) is 0 Å². The molecule has 0 aromatic heterocycles. The highest BCUT2D eigenvalue weighted by Gasteiger charge is 2.13. The molecule has 0 saturated heterocycles. The van der Waals surface area contributed by atoms with Crippen LogP contribution < -0.4 is 14.8 Å². The van der Waals surface area contributed by atoms with Gasteiger partial charge in [0.2, 0.25) is 5.91 Å². The van der Waals surface area contributed by atoms with Crippen molar-refractivity contribution in [2.45, 2.75) is 19.3 Å². The molecule has 1 N–H and O–H groups in total. The molecule has 3 aromatic carbocycles. The van der Waals surface area contributed by atoms with E-state index in [1.807, 2.05) is 42.5 Å². The predicted octanol–water partition coefficient (Wildman–Crippen LogP) is 4.60. The number of ketones is 1. The second-order valence-corrected chi connectivity index (χ2v) is 6.75. The van der Waals surface area contributed by atoms with Crippen LogP contribution in [0.4, 0.5) is 5.69 Å². The number of carbonyl (C=O) groups is 2. The van der Waals surface area contributed by atoms with E-state index in [-0.39, 0.29) is 24.5 Å². The fourth-order valence-corrected chi connectivity index (χ4v) is 3.20. The topological polar surface area (TPSA) is 64.6 Å². The summed E-state index contributed by atoms with van der Waals surface area (Å²) in [5.41, 5.74) is 1.26. The first-order valence-corrected chi connectivity index (χ1v) is 9.40. The zero-order valence-corrected chi connectivity index (χ0v) is 15.4. The summed E-state index contributed by atoms with van der Waals surface area (Å²) >= 11 is 0. The third-order valence-electron chi connectivity index (χ3n) is 4.68. The van der Waals surface area contributed by atoms with Gasteiger partial charge >= 0.3 is 0 Å². The molecule has 5 heteroatoms. The first-order valence-electron chi connectivity index (χ1n) is 9.40. The first kappa shape index (κ1) is 18.0. The Bertz CT molecular complexity index is 1030. The maximum Gasteiger partial charge on any atom is 0.224 e. The number of ether oxygens (including phenoxy) is 2. The van der Waals surface area contributed by atoms with Gasteiger partial charge in [-0.25, -0.2) is 0 Å². The number of nitrogens with one attached hydrogen (secondary N) is 1. The maximum atomic E-state index is 12.5. The van der Waals surface area contributed by atoms with Crippen LogP contribution in [0.3, 0.4) is 0 Å². The van der Waals surface area contributed by atoms with Crippen molar-refractivity contribution in [3.63, 3.8) is 0 Å². The van der Waals surface area contributed by atoms with E-state index in [2.05, 4.69) is 5.32 Å². The highest BCUT2D eigenvalue weighted by atomic mass is 16.5. The number of carbonyl (C=O) groups excluding carboxylic acids is 2. The lowest BCUT2D eigenvalue weighted by molar-refractivity contribution is -0.116. The molecular formula is C23H21NO4. The average Bonchev–Trinajstić information content (AvgIpc) is 2.96. The number of anilines is 1. The van der Waals surface area contributed by atoms with Gasteiger partial charge in [-0.15, -0.1) is 0 Å². The molecule has 5 nitrogen and oxygen atoms in total. The Morgan fingerprint density at radius 1 is 0.821 bits per heavy atom. The molecule has 3 aromatic rings. The fraction of sp³-hybridized carbons (Fsp3) is 0.217. The van der Waals surface area contributed by atoms with Crippen molar-refractivity contribution in [3.05, 3.63) is 66.2 Å². The molecule has 142 valence electrons. The van der Waals surface area contributed by atoms with E-state index in [0.29, 0.717) is 36.0 Å². The van der Waals surface area contributed by atoms with Crippen molar-refractivity contribution in [1.82, 2.24) is 0 Å². The molecule has 1 aliphatic rings. The summed E-state index contributed by atoms with van der Waals surface area (Å²) in [6.07, 6.45) is 1.11. The van der Waals surface area contributed by atoms with Crippen LogP contribution in [0.25, 0.3) is 10.8 Å². The third-order valence-corrected chi connectivity index (χ3v) is 4.68. The molecule has 1 amide bonds. The molecule has 0 unspecified atom stereocenters. The van der Waals surface area contributed by atoms with Gasteiger partial charge < -0.3 is 14.8 Å². The van der Waals surface area contributed by atoms with E-state index < -0.39 is 0 Å². The Morgan fingerprint density at radius 3 is 2.46 bits per heavy atom. The van der Waals surface area contributed by atoms with Crippen LogP contribution in [0.1, 0.15) is 29.6 Å². The number of rotatable bonds is 5. The zero-order valence-electron chi connectivity index (χ0n) is 15.4. The Morgan fingerprint density at radius 2 is 1.61 bits per heavy atom. The summed E-state index contributed by atoms with van der Waals surface area (Å²) < 4.78 is 11.2. The molecule has 0 radical (unpaired) electrons. The van der Waals surface area contributed by atoms with Crippen molar-refractivity contribution in [2.75, 3.05) is 18.5 Å². The number of fused-ring (bicyclic) bond motifs is 2. The van der Waals surface area contributed by atoms with Gasteiger partial charge in [0.25, 0.3) is 0 Å². The lowest BCUT2D eigenvalue weighted by Crippen LogP contribution is -2.13. The van der Waals surface area contributed by atoms with Crippen molar-refractivity contribution in [2.24, 2.45) is 0 Å². The van der Waals surface area contributed by atoms with Gasteiger partial charge in [0.05, 0.1) is 13.2 Å². The predicted molar refractivity (Wildman–Crippen MR) is 108 cm³/mol. The SMILES string of the molecule is O=C(CCC(=O)c1ccc2ccccc2c1)Nc1ccc2c(c1)OCCCO2. The molecule has 0 saturated carbocycles. The molecule has 0 atom stereocenters. The summed E-state index contributed by atoms with van der Waals surface area (Å²) in [5.74, 6) is 1.06. The molecule has 0 bridgehead atoms. The van der Waals surface area contributed by atoms with Crippen LogP contribution in [0.15, 0.2) is 60.7 Å². The maximum absolute atomic E-state index is 12.5. The third kappa shape index (κ3) is 4.14. The van der Waals surface area contributed by atoms with Crippen LogP contribution in [0.5, 0.6) is 11.5 Å². The van der Waals surface area contributed by atoms with Gasteiger partial charge in [0.1, 0.15) is 0 Å². The Balaban J connectivity index is 1.36. The largest absolute Gasteiger partial charge is 0.490 e. The molecule has 0 aliphatic carbocycles. The lowest BCUT2D eigenvalue weighted by atomic mass is 10.0. The molecule has 0 fully saturated rings. The van der Waals surface area contributed by atoms with Crippen molar-refractivity contribution < 1.29 is 19.1 Å². The number of Topliss-reactive ketones (excluding diaryl/α,β-unsaturated/α-hetero) is 1. The van der Waals surface area contributed by atoms with Gasteiger partial charge in [-0.05, 0) is 29.0 Å². The van der Waals surface area contributed by atoms with E-state index in [1.54, 1.807) is 18.2 Å². The number of benzene rings is 3. The van der Waals surface area contributed by atoms with Crippen molar-refractivity contribution >= 4 is 28.2 Å². The smallest absolute Gasteiger partial charge is 0.224 e. The average molecular weight is 375 g/mol. The van der Waals surface area contributed by atoms with E-state index in [9.17, 15) is 9.59 Å². The molecule has 0 spiro atoms. The zero-order chi connectivity index (χ0) is 19.3. The number of amides is 1. The first-order chi connectivity index (χ1) is 13.7.